The number of piperazine rings is 1. The lowest BCUT2D eigenvalue weighted by atomic mass is 10.2. The zero-order valence-electron chi connectivity index (χ0n) is 12.2. The second-order valence-electron chi connectivity index (χ2n) is 4.89. The highest BCUT2D eigenvalue weighted by atomic mass is 32.2. The minimum Gasteiger partial charge on any atom is -0.396 e. The number of likely N-dealkylation sites (N-methyl/N-ethyl adjacent to an activating group) is 1. The quantitative estimate of drug-likeness (QED) is 0.642. The molecule has 2 heterocycles. The number of thioether (sulfide) groups is 1. The Morgan fingerprint density at radius 2 is 2.05 bits per heavy atom. The number of carbonyl (C=O) groups excluding carboxylic acids is 1. The van der Waals surface area contributed by atoms with Crippen LogP contribution in [-0.2, 0) is 0 Å². The lowest BCUT2D eigenvalue weighted by Crippen LogP contribution is -2.46. The Hall–Kier alpha value is -0.760. The van der Waals surface area contributed by atoms with Crippen LogP contribution in [0.2, 0.25) is 0 Å². The summed E-state index contributed by atoms with van der Waals surface area (Å²) in [4.78, 5) is 15.9. The van der Waals surface area contributed by atoms with Crippen molar-refractivity contribution in [3.63, 3.8) is 0 Å². The molecule has 20 heavy (non-hydrogen) atoms. The summed E-state index contributed by atoms with van der Waals surface area (Å²) in [6.07, 6.45) is 2.49. The number of anilines is 2. The third kappa shape index (κ3) is 3.28. The predicted molar refractivity (Wildman–Crippen MR) is 87.8 cm³/mol. The number of hydrazine groups is 1. The summed E-state index contributed by atoms with van der Waals surface area (Å²) in [6.45, 7) is 5.90. The molecule has 0 spiro atoms. The number of thiophene rings is 1. The molecule has 1 saturated heterocycles. The van der Waals surface area contributed by atoms with Crippen molar-refractivity contribution < 1.29 is 4.79 Å². The standard InChI is InChI=1S/C13H22N4OS2/c1-4-9(18)11-10(14)12(19-3)13(20-11)15-17-7-5-16(2)6-8-17/h15H,4-8,14H2,1-3H3. The fourth-order valence-corrected chi connectivity index (χ4v) is 4.18. The lowest BCUT2D eigenvalue weighted by Gasteiger charge is -2.32. The molecule has 0 amide bonds. The maximum atomic E-state index is 11.9. The van der Waals surface area contributed by atoms with Crippen LogP contribution in [0.4, 0.5) is 10.7 Å². The van der Waals surface area contributed by atoms with Crippen LogP contribution in [0.5, 0.6) is 0 Å². The van der Waals surface area contributed by atoms with E-state index in [4.69, 9.17) is 5.73 Å². The summed E-state index contributed by atoms with van der Waals surface area (Å²) >= 11 is 3.07. The van der Waals surface area contributed by atoms with Crippen LogP contribution in [0.15, 0.2) is 4.90 Å². The van der Waals surface area contributed by atoms with E-state index in [0.717, 1.165) is 36.1 Å². The van der Waals surface area contributed by atoms with Gasteiger partial charge in [-0.15, -0.1) is 23.1 Å². The average molecular weight is 314 g/mol. The van der Waals surface area contributed by atoms with Crippen molar-refractivity contribution in [2.24, 2.45) is 0 Å². The molecule has 2 rings (SSSR count). The average Bonchev–Trinajstić information content (AvgIpc) is 2.76. The maximum absolute atomic E-state index is 11.9. The second-order valence-corrected chi connectivity index (χ2v) is 6.72. The molecule has 112 valence electrons. The maximum Gasteiger partial charge on any atom is 0.174 e. The molecule has 7 heteroatoms. The van der Waals surface area contributed by atoms with Crippen LogP contribution in [-0.4, -0.2) is 55.2 Å². The van der Waals surface area contributed by atoms with Crippen molar-refractivity contribution in [2.75, 3.05) is 50.6 Å². The molecule has 1 aromatic rings. The van der Waals surface area contributed by atoms with Crippen LogP contribution >= 0.6 is 23.1 Å². The van der Waals surface area contributed by atoms with E-state index in [-0.39, 0.29) is 5.78 Å². The first kappa shape index (κ1) is 15.6. The lowest BCUT2D eigenvalue weighted by molar-refractivity contribution is 0.0992. The molecule has 3 N–H and O–H groups in total. The van der Waals surface area contributed by atoms with Gasteiger partial charge in [-0.05, 0) is 13.3 Å². The Labute approximate surface area is 128 Å². The molecule has 0 saturated carbocycles. The summed E-state index contributed by atoms with van der Waals surface area (Å²) in [5.74, 6) is 0.120. The zero-order valence-corrected chi connectivity index (χ0v) is 13.9. The van der Waals surface area contributed by atoms with Crippen molar-refractivity contribution in [2.45, 2.75) is 18.2 Å². The molecule has 0 aliphatic carbocycles. The van der Waals surface area contributed by atoms with Gasteiger partial charge in [0, 0.05) is 32.6 Å². The number of hydrogen-bond donors (Lipinski definition) is 2. The Balaban J connectivity index is 2.16. The summed E-state index contributed by atoms with van der Waals surface area (Å²) in [5, 5.41) is 3.20. The number of ketones is 1. The summed E-state index contributed by atoms with van der Waals surface area (Å²) in [7, 11) is 2.13. The van der Waals surface area contributed by atoms with Gasteiger partial charge in [0.15, 0.2) is 5.78 Å². The van der Waals surface area contributed by atoms with E-state index < -0.39 is 0 Å². The van der Waals surface area contributed by atoms with E-state index in [0.29, 0.717) is 17.0 Å². The van der Waals surface area contributed by atoms with Gasteiger partial charge >= 0.3 is 0 Å². The minimum atomic E-state index is 0.120. The van der Waals surface area contributed by atoms with Gasteiger partial charge in [0.2, 0.25) is 0 Å². The highest BCUT2D eigenvalue weighted by Gasteiger charge is 2.22. The number of carbonyl (C=O) groups is 1. The zero-order chi connectivity index (χ0) is 14.7. The fraction of sp³-hybridized carbons (Fsp3) is 0.615. The van der Waals surface area contributed by atoms with E-state index in [2.05, 4.69) is 22.4 Å². The molecule has 1 aliphatic heterocycles. The highest BCUT2D eigenvalue weighted by Crippen LogP contribution is 2.42. The summed E-state index contributed by atoms with van der Waals surface area (Å²) in [5.41, 5.74) is 10.2. The topological polar surface area (TPSA) is 61.6 Å². The first-order chi connectivity index (χ1) is 9.56. The molecule has 1 fully saturated rings. The van der Waals surface area contributed by atoms with Crippen LogP contribution in [0.25, 0.3) is 0 Å². The van der Waals surface area contributed by atoms with Gasteiger partial charge in [-0.1, -0.05) is 6.92 Å². The Morgan fingerprint density at radius 3 is 2.60 bits per heavy atom. The summed E-state index contributed by atoms with van der Waals surface area (Å²) in [6, 6.07) is 0. The Morgan fingerprint density at radius 1 is 1.40 bits per heavy atom. The molecule has 1 aliphatic rings. The van der Waals surface area contributed by atoms with Gasteiger partial charge < -0.3 is 16.1 Å². The summed E-state index contributed by atoms with van der Waals surface area (Å²) < 4.78 is 0. The highest BCUT2D eigenvalue weighted by molar-refractivity contribution is 7.99. The molecular weight excluding hydrogens is 292 g/mol. The number of Topliss-reactive ketones (excluding diaryl/α,β-unsaturated/α-hetero) is 1. The number of nitrogen functional groups attached to an aromatic ring is 1. The molecule has 1 aromatic heterocycles. The first-order valence-corrected chi connectivity index (χ1v) is 8.80. The fourth-order valence-electron chi connectivity index (χ4n) is 2.13. The SMILES string of the molecule is CCC(=O)c1sc(NN2CCN(C)CC2)c(SC)c1N. The van der Waals surface area contributed by atoms with Gasteiger partial charge in [0.1, 0.15) is 5.00 Å². The van der Waals surface area contributed by atoms with Crippen molar-refractivity contribution in [1.29, 1.82) is 0 Å². The second kappa shape index (κ2) is 6.80. The van der Waals surface area contributed by atoms with Crippen molar-refractivity contribution >= 4 is 39.6 Å². The van der Waals surface area contributed by atoms with Crippen LogP contribution in [0, 0.1) is 0 Å². The predicted octanol–water partition coefficient (Wildman–Crippen LogP) is 2.22. The normalized spacial score (nSPS) is 17.4. The largest absolute Gasteiger partial charge is 0.396 e. The van der Waals surface area contributed by atoms with Crippen LogP contribution in [0.1, 0.15) is 23.0 Å². The molecule has 5 nitrogen and oxygen atoms in total. The monoisotopic (exact) mass is 314 g/mol. The van der Waals surface area contributed by atoms with Crippen LogP contribution < -0.4 is 11.2 Å². The first-order valence-electron chi connectivity index (χ1n) is 6.76. The Kier molecular flexibility index (Phi) is 5.31. The third-order valence-corrected chi connectivity index (χ3v) is 5.55. The number of nitrogens with two attached hydrogens (primary N) is 1. The van der Waals surface area contributed by atoms with Crippen molar-refractivity contribution in [3.05, 3.63) is 4.88 Å². The van der Waals surface area contributed by atoms with Crippen molar-refractivity contribution in [1.82, 2.24) is 9.91 Å². The molecule has 0 unspecified atom stereocenters. The van der Waals surface area contributed by atoms with E-state index in [9.17, 15) is 4.79 Å². The van der Waals surface area contributed by atoms with E-state index in [1.54, 1.807) is 11.8 Å². The molecule has 0 atom stereocenters. The van der Waals surface area contributed by atoms with Gasteiger partial charge in [-0.2, -0.15) is 0 Å². The molecule has 0 bridgehead atoms. The van der Waals surface area contributed by atoms with Crippen LogP contribution in [0.3, 0.4) is 0 Å². The van der Waals surface area contributed by atoms with Gasteiger partial charge in [0.25, 0.3) is 0 Å². The van der Waals surface area contributed by atoms with Gasteiger partial charge in [-0.3, -0.25) is 4.79 Å². The number of nitrogens with zero attached hydrogens (tertiary/aromatic N) is 2. The molecule has 0 aromatic carbocycles. The van der Waals surface area contributed by atoms with E-state index in [1.165, 1.54) is 11.3 Å². The number of hydrogen-bond acceptors (Lipinski definition) is 7. The van der Waals surface area contributed by atoms with Gasteiger partial charge in [-0.25, -0.2) is 5.01 Å². The third-order valence-electron chi connectivity index (χ3n) is 3.44. The van der Waals surface area contributed by atoms with E-state index >= 15 is 0 Å². The number of nitrogens with one attached hydrogen (secondary N) is 1. The number of rotatable bonds is 5. The van der Waals surface area contributed by atoms with Gasteiger partial charge in [0.05, 0.1) is 15.5 Å². The minimum absolute atomic E-state index is 0.120. The Bertz CT molecular complexity index is 481. The van der Waals surface area contributed by atoms with E-state index in [1.807, 2.05) is 13.2 Å². The smallest absolute Gasteiger partial charge is 0.174 e. The van der Waals surface area contributed by atoms with Crippen molar-refractivity contribution in [3.8, 4) is 0 Å². The molecular formula is C13H22N4OS2. The molecule has 0 radical (unpaired) electrons.